The summed E-state index contributed by atoms with van der Waals surface area (Å²) in [6.45, 7) is 2.20. The van der Waals surface area contributed by atoms with Crippen molar-refractivity contribution in [1.82, 2.24) is 14.5 Å². The largest absolute Gasteiger partial charge is 0.385 e. The molecule has 2 aromatic carbocycles. The van der Waals surface area contributed by atoms with Crippen molar-refractivity contribution < 1.29 is 14.3 Å². The van der Waals surface area contributed by atoms with Gasteiger partial charge in [0.05, 0.1) is 11.0 Å². The second-order valence-electron chi connectivity index (χ2n) is 7.57. The van der Waals surface area contributed by atoms with Crippen molar-refractivity contribution in [2.45, 2.75) is 31.4 Å². The normalized spacial score (nSPS) is 16.9. The maximum absolute atomic E-state index is 13.0. The monoisotopic (exact) mass is 397 g/mol. The molecule has 1 aliphatic heterocycles. The minimum Gasteiger partial charge on any atom is -0.385 e. The predicted molar refractivity (Wildman–Crippen MR) is 109 cm³/mol. The van der Waals surface area contributed by atoms with Crippen LogP contribution in [0.3, 0.4) is 0 Å². The van der Waals surface area contributed by atoms with Gasteiger partial charge in [-0.1, -0.05) is 12.1 Å². The summed E-state index contributed by atoms with van der Waals surface area (Å²) in [6.07, 6.45) is 0.899. The summed E-state index contributed by atoms with van der Waals surface area (Å²) in [7, 11) is 0. The molecule has 7 heteroatoms. The molecular formula is C22H24FN3O3. The van der Waals surface area contributed by atoms with Crippen LogP contribution in [-0.2, 0) is 0 Å². The van der Waals surface area contributed by atoms with E-state index in [0.717, 1.165) is 37.0 Å². The lowest BCUT2D eigenvalue weighted by Gasteiger charge is -2.32. The minimum absolute atomic E-state index is 0.0787. The Morgan fingerprint density at radius 2 is 1.83 bits per heavy atom. The quantitative estimate of drug-likeness (QED) is 0.627. The lowest BCUT2D eigenvalue weighted by Crippen LogP contribution is -2.39. The SMILES string of the molecule is O=C(c1ccc(F)cc1)C(O)CCN1CCC(n2c(=O)[nH]c3ccccc32)CC1. The first-order valence-corrected chi connectivity index (χ1v) is 9.92. The van der Waals surface area contributed by atoms with Crippen LogP contribution in [0.5, 0.6) is 0 Å². The van der Waals surface area contributed by atoms with E-state index in [9.17, 15) is 19.1 Å². The molecule has 0 saturated carbocycles. The van der Waals surface area contributed by atoms with Crippen molar-refractivity contribution in [1.29, 1.82) is 0 Å². The smallest absolute Gasteiger partial charge is 0.326 e. The van der Waals surface area contributed by atoms with Crippen LogP contribution in [0.15, 0.2) is 53.3 Å². The molecule has 152 valence electrons. The number of aliphatic hydroxyl groups excluding tert-OH is 1. The summed E-state index contributed by atoms with van der Waals surface area (Å²) in [5, 5.41) is 10.2. The zero-order valence-electron chi connectivity index (χ0n) is 16.1. The molecule has 1 fully saturated rings. The molecule has 2 heterocycles. The average Bonchev–Trinajstić information content (AvgIpc) is 3.08. The summed E-state index contributed by atoms with van der Waals surface area (Å²) in [5.74, 6) is -0.793. The van der Waals surface area contributed by atoms with Gasteiger partial charge in [0, 0.05) is 31.2 Å². The van der Waals surface area contributed by atoms with Crippen LogP contribution < -0.4 is 5.69 Å². The van der Waals surface area contributed by atoms with Crippen LogP contribution in [0.2, 0.25) is 0 Å². The molecule has 0 amide bonds. The highest BCUT2D eigenvalue weighted by molar-refractivity contribution is 5.99. The molecule has 0 radical (unpaired) electrons. The van der Waals surface area contributed by atoms with Crippen molar-refractivity contribution in [3.63, 3.8) is 0 Å². The van der Waals surface area contributed by atoms with Crippen LogP contribution >= 0.6 is 0 Å². The number of aliphatic hydroxyl groups is 1. The van der Waals surface area contributed by atoms with Crippen LogP contribution in [0.1, 0.15) is 35.7 Å². The van der Waals surface area contributed by atoms with E-state index in [1.54, 1.807) is 0 Å². The number of likely N-dealkylation sites (tertiary alicyclic amines) is 1. The van der Waals surface area contributed by atoms with Gasteiger partial charge in [0.15, 0.2) is 5.78 Å². The van der Waals surface area contributed by atoms with Gasteiger partial charge in [0.2, 0.25) is 0 Å². The van der Waals surface area contributed by atoms with Gasteiger partial charge >= 0.3 is 5.69 Å². The molecule has 0 spiro atoms. The summed E-state index contributed by atoms with van der Waals surface area (Å²) in [4.78, 5) is 29.7. The number of halogens is 1. The minimum atomic E-state index is -1.10. The first-order chi connectivity index (χ1) is 14.0. The van der Waals surface area contributed by atoms with E-state index < -0.39 is 11.9 Å². The molecule has 1 aliphatic rings. The number of benzene rings is 2. The highest BCUT2D eigenvalue weighted by Crippen LogP contribution is 2.25. The number of hydrogen-bond acceptors (Lipinski definition) is 4. The zero-order valence-corrected chi connectivity index (χ0v) is 16.1. The summed E-state index contributed by atoms with van der Waals surface area (Å²) < 4.78 is 14.8. The van der Waals surface area contributed by atoms with Gasteiger partial charge in [-0.05, 0) is 55.7 Å². The fraction of sp³-hybridized carbons (Fsp3) is 0.364. The number of nitrogens with zero attached hydrogens (tertiary/aromatic N) is 2. The first-order valence-electron chi connectivity index (χ1n) is 9.92. The lowest BCUT2D eigenvalue weighted by atomic mass is 10.0. The number of hydrogen-bond donors (Lipinski definition) is 2. The average molecular weight is 397 g/mol. The molecule has 6 nitrogen and oxygen atoms in total. The number of carbonyl (C=O) groups is 1. The van der Waals surface area contributed by atoms with Gasteiger partial charge < -0.3 is 15.0 Å². The van der Waals surface area contributed by atoms with Gasteiger partial charge in [0.25, 0.3) is 0 Å². The number of Topliss-reactive ketones (excluding diaryl/α,β-unsaturated/α-hetero) is 1. The number of H-pyrrole nitrogens is 1. The Morgan fingerprint density at radius 1 is 1.14 bits per heavy atom. The number of rotatable bonds is 6. The number of aromatic amines is 1. The molecule has 4 rings (SSSR count). The number of piperidine rings is 1. The third-order valence-corrected chi connectivity index (χ3v) is 5.70. The van der Waals surface area contributed by atoms with E-state index in [1.807, 2.05) is 28.8 Å². The molecule has 29 heavy (non-hydrogen) atoms. The Bertz CT molecular complexity index is 1050. The third kappa shape index (κ3) is 4.16. The van der Waals surface area contributed by atoms with Crippen molar-refractivity contribution in [2.24, 2.45) is 0 Å². The second kappa shape index (κ2) is 8.31. The number of fused-ring (bicyclic) bond motifs is 1. The Kier molecular flexibility index (Phi) is 5.60. The highest BCUT2D eigenvalue weighted by atomic mass is 19.1. The Balaban J connectivity index is 1.32. The van der Waals surface area contributed by atoms with E-state index in [2.05, 4.69) is 9.88 Å². The molecule has 1 unspecified atom stereocenters. The van der Waals surface area contributed by atoms with Gasteiger partial charge in [-0.2, -0.15) is 0 Å². The predicted octanol–water partition coefficient (Wildman–Crippen LogP) is 2.74. The number of nitrogens with one attached hydrogen (secondary N) is 1. The van der Waals surface area contributed by atoms with Gasteiger partial charge in [-0.25, -0.2) is 9.18 Å². The van der Waals surface area contributed by atoms with E-state index >= 15 is 0 Å². The Morgan fingerprint density at radius 3 is 2.55 bits per heavy atom. The summed E-state index contributed by atoms with van der Waals surface area (Å²) in [5.41, 5.74) is 2.01. The molecule has 2 N–H and O–H groups in total. The van der Waals surface area contributed by atoms with Crippen LogP contribution in [0.4, 0.5) is 4.39 Å². The molecule has 1 atom stereocenters. The summed E-state index contributed by atoms with van der Waals surface area (Å²) >= 11 is 0. The first kappa shape index (κ1) is 19.5. The van der Waals surface area contributed by atoms with E-state index in [0.29, 0.717) is 18.5 Å². The maximum atomic E-state index is 13.0. The number of para-hydroxylation sites is 2. The third-order valence-electron chi connectivity index (χ3n) is 5.70. The second-order valence-corrected chi connectivity index (χ2v) is 7.57. The fourth-order valence-corrected chi connectivity index (χ4v) is 4.08. The Labute approximate surface area is 167 Å². The number of ketones is 1. The fourth-order valence-electron chi connectivity index (χ4n) is 4.08. The number of imidazole rings is 1. The van der Waals surface area contributed by atoms with Crippen molar-refractivity contribution in [3.8, 4) is 0 Å². The molecule has 3 aromatic rings. The van der Waals surface area contributed by atoms with Crippen LogP contribution in [0, 0.1) is 5.82 Å². The number of carbonyl (C=O) groups excluding carboxylic acids is 1. The van der Waals surface area contributed by atoms with Gasteiger partial charge in [-0.3, -0.25) is 9.36 Å². The van der Waals surface area contributed by atoms with E-state index in [-0.39, 0.29) is 17.5 Å². The zero-order chi connectivity index (χ0) is 20.4. The lowest BCUT2D eigenvalue weighted by molar-refractivity contribution is 0.0687. The van der Waals surface area contributed by atoms with Crippen molar-refractivity contribution >= 4 is 16.8 Å². The summed E-state index contributed by atoms with van der Waals surface area (Å²) in [6, 6.07) is 13.1. The maximum Gasteiger partial charge on any atom is 0.326 e. The van der Waals surface area contributed by atoms with Gasteiger partial charge in [0.1, 0.15) is 11.9 Å². The molecular weight excluding hydrogens is 373 g/mol. The van der Waals surface area contributed by atoms with E-state index in [1.165, 1.54) is 24.3 Å². The van der Waals surface area contributed by atoms with Crippen LogP contribution in [-0.4, -0.2) is 51.1 Å². The van der Waals surface area contributed by atoms with Crippen molar-refractivity contribution in [3.05, 3.63) is 70.4 Å². The molecule has 1 saturated heterocycles. The van der Waals surface area contributed by atoms with Crippen LogP contribution in [0.25, 0.3) is 11.0 Å². The molecule has 1 aromatic heterocycles. The topological polar surface area (TPSA) is 78.3 Å². The number of aromatic nitrogens is 2. The highest BCUT2D eigenvalue weighted by Gasteiger charge is 2.25. The molecule has 0 bridgehead atoms. The van der Waals surface area contributed by atoms with Gasteiger partial charge in [-0.15, -0.1) is 0 Å². The molecule has 0 aliphatic carbocycles. The van der Waals surface area contributed by atoms with E-state index in [4.69, 9.17) is 0 Å². The Hall–Kier alpha value is -2.77. The van der Waals surface area contributed by atoms with Crippen molar-refractivity contribution in [2.75, 3.05) is 19.6 Å². The standard InChI is InChI=1S/C22H24FN3O3/c23-16-7-5-15(6-8-16)21(28)20(27)11-14-25-12-9-17(10-13-25)26-19-4-2-1-3-18(19)24-22(26)29/h1-8,17,20,27H,9-14H2,(H,24,29).